The van der Waals surface area contributed by atoms with Gasteiger partial charge in [-0.15, -0.1) is 6.42 Å². The summed E-state index contributed by atoms with van der Waals surface area (Å²) in [4.78, 5) is 6.94. The highest BCUT2D eigenvalue weighted by Crippen LogP contribution is 2.15. The Bertz CT molecular complexity index is 350. The van der Waals surface area contributed by atoms with Gasteiger partial charge in [0.25, 0.3) is 5.88 Å². The van der Waals surface area contributed by atoms with E-state index in [1.807, 2.05) is 0 Å². The molecule has 68 valence electrons. The minimum absolute atomic E-state index is 0.0828. The van der Waals surface area contributed by atoms with Crippen molar-refractivity contribution in [2.75, 3.05) is 0 Å². The van der Waals surface area contributed by atoms with Crippen molar-refractivity contribution in [2.45, 2.75) is 13.0 Å². The fraction of sp³-hybridized carbons (Fsp3) is 0.250. The third kappa shape index (κ3) is 2.56. The van der Waals surface area contributed by atoms with Crippen molar-refractivity contribution in [3.05, 3.63) is 17.3 Å². The van der Waals surface area contributed by atoms with Gasteiger partial charge in [-0.05, 0) is 18.5 Å². The Morgan fingerprint density at radius 2 is 2.46 bits per heavy atom. The van der Waals surface area contributed by atoms with Crippen LogP contribution in [0.1, 0.15) is 6.92 Å². The molecule has 3 nitrogen and oxygen atoms in total. The molecule has 0 aliphatic heterocycles. The summed E-state index contributed by atoms with van der Waals surface area (Å²) in [5.41, 5.74) is 0. The monoisotopic (exact) mass is 200 g/mol. The molecule has 1 unspecified atom stereocenters. The summed E-state index contributed by atoms with van der Waals surface area (Å²) in [7, 11) is 0. The Kier molecular flexibility index (Phi) is 3.04. The molecule has 0 spiro atoms. The molecular weight excluding hydrogens is 195 g/mol. The lowest BCUT2D eigenvalue weighted by Crippen LogP contribution is -2.11. The molecule has 0 bridgehead atoms. The molecule has 0 saturated carbocycles. The van der Waals surface area contributed by atoms with Crippen molar-refractivity contribution in [1.29, 1.82) is 0 Å². The maximum absolute atomic E-state index is 12.9. The van der Waals surface area contributed by atoms with Gasteiger partial charge in [0.05, 0.1) is 6.20 Å². The quantitative estimate of drug-likeness (QED) is 0.538. The normalized spacial score (nSPS) is 11.8. The smallest absolute Gasteiger partial charge is 0.256 e. The first-order chi connectivity index (χ1) is 6.13. The van der Waals surface area contributed by atoms with Crippen LogP contribution in [0.4, 0.5) is 4.39 Å². The summed E-state index contributed by atoms with van der Waals surface area (Å²) in [5.74, 6) is 1.35. The van der Waals surface area contributed by atoms with Crippen molar-refractivity contribution in [2.24, 2.45) is 0 Å². The third-order valence-corrected chi connectivity index (χ3v) is 1.39. The number of hydrogen-bond acceptors (Lipinski definition) is 3. The van der Waals surface area contributed by atoms with E-state index in [-0.39, 0.29) is 11.2 Å². The average Bonchev–Trinajstić information content (AvgIpc) is 2.11. The van der Waals surface area contributed by atoms with E-state index in [0.717, 1.165) is 6.20 Å². The van der Waals surface area contributed by atoms with Crippen molar-refractivity contribution in [1.82, 2.24) is 9.97 Å². The molecule has 0 radical (unpaired) electrons. The van der Waals surface area contributed by atoms with E-state index < -0.39 is 11.9 Å². The van der Waals surface area contributed by atoms with Crippen LogP contribution in [0.5, 0.6) is 5.88 Å². The second-order valence-electron chi connectivity index (χ2n) is 2.22. The molecule has 0 N–H and O–H groups in total. The van der Waals surface area contributed by atoms with E-state index in [4.69, 9.17) is 22.8 Å². The zero-order chi connectivity index (χ0) is 9.84. The second-order valence-corrected chi connectivity index (χ2v) is 2.56. The van der Waals surface area contributed by atoms with Gasteiger partial charge in [-0.25, -0.2) is 4.98 Å². The lowest BCUT2D eigenvalue weighted by atomic mass is 10.4. The van der Waals surface area contributed by atoms with Gasteiger partial charge in [0.1, 0.15) is 0 Å². The number of rotatable bonds is 2. The number of terminal acetylenes is 1. The van der Waals surface area contributed by atoms with E-state index in [0.29, 0.717) is 0 Å². The van der Waals surface area contributed by atoms with Gasteiger partial charge in [0, 0.05) is 0 Å². The summed E-state index contributed by atoms with van der Waals surface area (Å²) in [6, 6.07) is 0. The summed E-state index contributed by atoms with van der Waals surface area (Å²) < 4.78 is 17.8. The van der Waals surface area contributed by atoms with Gasteiger partial charge in [-0.3, -0.25) is 0 Å². The van der Waals surface area contributed by atoms with Crippen LogP contribution >= 0.6 is 11.6 Å². The fourth-order valence-electron chi connectivity index (χ4n) is 0.615. The second kappa shape index (κ2) is 4.06. The first-order valence-corrected chi connectivity index (χ1v) is 3.82. The van der Waals surface area contributed by atoms with Crippen molar-refractivity contribution >= 4 is 11.6 Å². The predicted molar refractivity (Wildman–Crippen MR) is 45.9 cm³/mol. The molecule has 0 aliphatic carbocycles. The maximum Gasteiger partial charge on any atom is 0.256 e. The SMILES string of the molecule is C#CC(C)Oc1nc(Cl)ncc1F. The topological polar surface area (TPSA) is 35.0 Å². The standard InChI is InChI=1S/C8H6ClFN2O/c1-3-5(2)13-7-6(10)4-11-8(9)12-7/h1,4-5H,2H3. The molecule has 1 atom stereocenters. The first-order valence-electron chi connectivity index (χ1n) is 3.44. The van der Waals surface area contributed by atoms with E-state index >= 15 is 0 Å². The summed E-state index contributed by atoms with van der Waals surface area (Å²) in [5, 5.41) is -0.0828. The van der Waals surface area contributed by atoms with E-state index in [2.05, 4.69) is 15.9 Å². The molecule has 1 heterocycles. The van der Waals surface area contributed by atoms with Gasteiger partial charge in [0.15, 0.2) is 6.10 Å². The van der Waals surface area contributed by atoms with Crippen LogP contribution in [-0.2, 0) is 0 Å². The highest BCUT2D eigenvalue weighted by atomic mass is 35.5. The maximum atomic E-state index is 12.9. The van der Waals surface area contributed by atoms with Crippen molar-refractivity contribution in [3.8, 4) is 18.2 Å². The largest absolute Gasteiger partial charge is 0.459 e. The molecular formula is C8H6ClFN2O. The summed E-state index contributed by atoms with van der Waals surface area (Å²) in [6.07, 6.45) is 5.40. The highest BCUT2D eigenvalue weighted by molar-refractivity contribution is 6.28. The number of aromatic nitrogens is 2. The molecule has 0 aromatic carbocycles. The Morgan fingerprint density at radius 1 is 1.77 bits per heavy atom. The van der Waals surface area contributed by atoms with Gasteiger partial charge < -0.3 is 4.74 Å². The molecule has 0 fully saturated rings. The van der Waals surface area contributed by atoms with Gasteiger partial charge in [-0.2, -0.15) is 9.37 Å². The van der Waals surface area contributed by atoms with Crippen molar-refractivity contribution in [3.63, 3.8) is 0 Å². The van der Waals surface area contributed by atoms with Crippen LogP contribution in [0.25, 0.3) is 0 Å². The molecule has 1 aromatic heterocycles. The zero-order valence-electron chi connectivity index (χ0n) is 6.79. The van der Waals surface area contributed by atoms with E-state index in [1.165, 1.54) is 0 Å². The summed E-state index contributed by atoms with van der Waals surface area (Å²) >= 11 is 5.42. The third-order valence-electron chi connectivity index (χ3n) is 1.21. The molecule has 5 heteroatoms. The lowest BCUT2D eigenvalue weighted by molar-refractivity contribution is 0.252. The Morgan fingerprint density at radius 3 is 3.08 bits per heavy atom. The van der Waals surface area contributed by atoms with Gasteiger partial charge >= 0.3 is 0 Å². The summed E-state index contributed by atoms with van der Waals surface area (Å²) in [6.45, 7) is 1.59. The lowest BCUT2D eigenvalue weighted by Gasteiger charge is -2.07. The molecule has 13 heavy (non-hydrogen) atoms. The van der Waals surface area contributed by atoms with Crippen molar-refractivity contribution < 1.29 is 9.13 Å². The number of ether oxygens (including phenoxy) is 1. The van der Waals surface area contributed by atoms with Gasteiger partial charge in [-0.1, -0.05) is 5.92 Å². The Labute approximate surface area is 79.9 Å². The first kappa shape index (κ1) is 9.75. The molecule has 0 saturated heterocycles. The highest BCUT2D eigenvalue weighted by Gasteiger charge is 2.09. The minimum Gasteiger partial charge on any atom is -0.459 e. The minimum atomic E-state index is -0.688. The Hall–Kier alpha value is -1.34. The van der Waals surface area contributed by atoms with Crippen LogP contribution in [0, 0.1) is 18.2 Å². The van der Waals surface area contributed by atoms with Crippen LogP contribution < -0.4 is 4.74 Å². The number of nitrogens with zero attached hydrogens (tertiary/aromatic N) is 2. The number of halogens is 2. The van der Waals surface area contributed by atoms with Crippen LogP contribution in [-0.4, -0.2) is 16.1 Å². The van der Waals surface area contributed by atoms with Crippen LogP contribution in [0.3, 0.4) is 0 Å². The van der Waals surface area contributed by atoms with E-state index in [1.54, 1.807) is 6.92 Å². The zero-order valence-corrected chi connectivity index (χ0v) is 7.55. The average molecular weight is 201 g/mol. The van der Waals surface area contributed by atoms with E-state index in [9.17, 15) is 4.39 Å². The predicted octanol–water partition coefficient (Wildman–Crippen LogP) is 1.67. The Balaban J connectivity index is 2.88. The fourth-order valence-corrected chi connectivity index (χ4v) is 0.741. The van der Waals surface area contributed by atoms with Gasteiger partial charge in [0.2, 0.25) is 11.1 Å². The molecule has 1 rings (SSSR count). The molecule has 0 aliphatic rings. The molecule has 1 aromatic rings. The molecule has 0 amide bonds. The van der Waals surface area contributed by atoms with Crippen LogP contribution in [0.2, 0.25) is 5.28 Å². The number of hydrogen-bond donors (Lipinski definition) is 0. The van der Waals surface area contributed by atoms with Crippen LogP contribution in [0.15, 0.2) is 6.20 Å².